The van der Waals surface area contributed by atoms with Gasteiger partial charge in [0, 0.05) is 31.3 Å². The van der Waals surface area contributed by atoms with Crippen molar-refractivity contribution in [1.82, 2.24) is 14.9 Å². The Labute approximate surface area is 209 Å². The zero-order chi connectivity index (χ0) is 23.7. The van der Waals surface area contributed by atoms with Crippen LogP contribution in [0.5, 0.6) is 0 Å². The second kappa shape index (κ2) is 9.65. The Bertz CT molecular complexity index is 1350. The van der Waals surface area contributed by atoms with Gasteiger partial charge >= 0.3 is 0 Å². The van der Waals surface area contributed by atoms with E-state index in [0.717, 1.165) is 58.7 Å². The molecule has 1 aliphatic heterocycles. The lowest BCUT2D eigenvalue weighted by atomic mass is 9.95. The van der Waals surface area contributed by atoms with Gasteiger partial charge in [-0.2, -0.15) is 0 Å². The molecule has 4 nitrogen and oxygen atoms in total. The van der Waals surface area contributed by atoms with Gasteiger partial charge in [-0.25, -0.2) is 4.98 Å². The standard InChI is InChI=1S/C28H25Cl2N3O/c1-18-4-2-5-20(12-18)23-9-8-21(26-17-33-11-3-6-27(33)32-26)15-22(23)16-31-28(34)14-19-7-10-24(29)25(30)13-19/h2,4-5,7-10,12-13,15,17H,3,6,11,14,16H2,1H3,(H,31,34). The van der Waals surface area contributed by atoms with Crippen LogP contribution in [-0.4, -0.2) is 15.5 Å². The molecular formula is C28H25Cl2N3O. The van der Waals surface area contributed by atoms with Gasteiger partial charge in [0.05, 0.1) is 22.2 Å². The van der Waals surface area contributed by atoms with E-state index in [1.807, 2.05) is 6.07 Å². The number of aromatic nitrogens is 2. The number of halogens is 2. The van der Waals surface area contributed by atoms with E-state index >= 15 is 0 Å². The minimum Gasteiger partial charge on any atom is -0.352 e. The van der Waals surface area contributed by atoms with Gasteiger partial charge in [0.2, 0.25) is 5.91 Å². The van der Waals surface area contributed by atoms with E-state index in [1.54, 1.807) is 12.1 Å². The number of amides is 1. The molecule has 1 aliphatic rings. The number of benzene rings is 3. The summed E-state index contributed by atoms with van der Waals surface area (Å²) in [5, 5.41) is 4.02. The first-order valence-electron chi connectivity index (χ1n) is 11.4. The molecule has 34 heavy (non-hydrogen) atoms. The van der Waals surface area contributed by atoms with Gasteiger partial charge in [0.1, 0.15) is 5.82 Å². The Morgan fingerprint density at radius 3 is 2.71 bits per heavy atom. The number of carbonyl (C=O) groups is 1. The van der Waals surface area contributed by atoms with E-state index in [1.165, 1.54) is 5.56 Å². The van der Waals surface area contributed by atoms with Crippen LogP contribution < -0.4 is 5.32 Å². The van der Waals surface area contributed by atoms with Gasteiger partial charge in [-0.1, -0.05) is 71.2 Å². The summed E-state index contributed by atoms with van der Waals surface area (Å²) in [5.41, 5.74) is 7.36. The van der Waals surface area contributed by atoms with Crippen molar-refractivity contribution in [1.29, 1.82) is 0 Å². The average Bonchev–Trinajstić information content (AvgIpc) is 3.43. The lowest BCUT2D eigenvalue weighted by Gasteiger charge is -2.14. The quantitative estimate of drug-likeness (QED) is 0.330. The van der Waals surface area contributed by atoms with Crippen LogP contribution in [0.4, 0.5) is 0 Å². The minimum absolute atomic E-state index is 0.0695. The van der Waals surface area contributed by atoms with E-state index in [9.17, 15) is 4.79 Å². The Morgan fingerprint density at radius 1 is 1.03 bits per heavy atom. The molecule has 0 saturated heterocycles. The van der Waals surface area contributed by atoms with Crippen molar-refractivity contribution in [3.8, 4) is 22.4 Å². The summed E-state index contributed by atoms with van der Waals surface area (Å²) in [6.45, 7) is 3.54. The zero-order valence-electron chi connectivity index (χ0n) is 18.9. The molecule has 0 saturated carbocycles. The van der Waals surface area contributed by atoms with E-state index in [0.29, 0.717) is 16.6 Å². The topological polar surface area (TPSA) is 46.9 Å². The van der Waals surface area contributed by atoms with Crippen LogP contribution in [0.25, 0.3) is 22.4 Å². The lowest BCUT2D eigenvalue weighted by Crippen LogP contribution is -2.24. The molecule has 5 rings (SSSR count). The highest BCUT2D eigenvalue weighted by atomic mass is 35.5. The molecule has 0 radical (unpaired) electrons. The number of nitrogens with one attached hydrogen (secondary N) is 1. The minimum atomic E-state index is -0.0695. The highest BCUT2D eigenvalue weighted by molar-refractivity contribution is 6.42. The SMILES string of the molecule is Cc1cccc(-c2ccc(-c3cn4c(n3)CCC4)cc2CNC(=O)Cc2ccc(Cl)c(Cl)c2)c1. The van der Waals surface area contributed by atoms with Crippen molar-refractivity contribution in [2.45, 2.75) is 39.3 Å². The molecule has 2 heterocycles. The molecular weight excluding hydrogens is 465 g/mol. The molecule has 1 aromatic heterocycles. The zero-order valence-corrected chi connectivity index (χ0v) is 20.5. The van der Waals surface area contributed by atoms with Gasteiger partial charge in [-0.3, -0.25) is 4.79 Å². The van der Waals surface area contributed by atoms with Crippen LogP contribution >= 0.6 is 23.2 Å². The fourth-order valence-corrected chi connectivity index (χ4v) is 4.80. The highest BCUT2D eigenvalue weighted by Gasteiger charge is 2.16. The van der Waals surface area contributed by atoms with E-state index in [4.69, 9.17) is 28.2 Å². The molecule has 0 spiro atoms. The van der Waals surface area contributed by atoms with Crippen LogP contribution in [0.3, 0.4) is 0 Å². The molecule has 1 N–H and O–H groups in total. The third-order valence-corrected chi connectivity index (χ3v) is 6.95. The summed E-state index contributed by atoms with van der Waals surface area (Å²) in [5.74, 6) is 1.08. The molecule has 3 aromatic carbocycles. The van der Waals surface area contributed by atoms with E-state index in [2.05, 4.69) is 65.5 Å². The summed E-state index contributed by atoms with van der Waals surface area (Å²) >= 11 is 12.1. The van der Waals surface area contributed by atoms with Crippen LogP contribution in [0.15, 0.2) is 66.9 Å². The molecule has 6 heteroatoms. The van der Waals surface area contributed by atoms with Crippen molar-refractivity contribution in [2.75, 3.05) is 0 Å². The van der Waals surface area contributed by atoms with Gasteiger partial charge in [0.25, 0.3) is 0 Å². The van der Waals surface area contributed by atoms with Crippen LogP contribution in [0.2, 0.25) is 10.0 Å². The number of aryl methyl sites for hydroxylation is 3. The van der Waals surface area contributed by atoms with Crippen molar-refractivity contribution in [3.05, 3.63) is 99.4 Å². The normalized spacial score (nSPS) is 12.6. The van der Waals surface area contributed by atoms with Crippen LogP contribution in [0, 0.1) is 6.92 Å². The first-order chi connectivity index (χ1) is 16.5. The van der Waals surface area contributed by atoms with Gasteiger partial charge in [0.15, 0.2) is 0 Å². The van der Waals surface area contributed by atoms with Crippen LogP contribution in [-0.2, 0) is 30.7 Å². The van der Waals surface area contributed by atoms with Gasteiger partial charge < -0.3 is 9.88 Å². The average molecular weight is 490 g/mol. The Balaban J connectivity index is 1.41. The number of carbonyl (C=O) groups excluding carboxylic acids is 1. The largest absolute Gasteiger partial charge is 0.352 e. The molecule has 0 aliphatic carbocycles. The van der Waals surface area contributed by atoms with E-state index < -0.39 is 0 Å². The Hall–Kier alpha value is -3.08. The first kappa shape index (κ1) is 22.7. The van der Waals surface area contributed by atoms with Gasteiger partial charge in [-0.15, -0.1) is 0 Å². The fraction of sp³-hybridized carbons (Fsp3) is 0.214. The molecule has 1 amide bonds. The highest BCUT2D eigenvalue weighted by Crippen LogP contribution is 2.30. The maximum absolute atomic E-state index is 12.7. The molecule has 0 atom stereocenters. The number of rotatable bonds is 6. The number of hydrogen-bond donors (Lipinski definition) is 1. The molecule has 4 aromatic rings. The predicted octanol–water partition coefficient (Wildman–Crippen LogP) is 6.64. The molecule has 172 valence electrons. The third-order valence-electron chi connectivity index (χ3n) is 6.21. The predicted molar refractivity (Wildman–Crippen MR) is 138 cm³/mol. The Morgan fingerprint density at radius 2 is 1.91 bits per heavy atom. The maximum Gasteiger partial charge on any atom is 0.224 e. The second-order valence-corrected chi connectivity index (χ2v) is 9.60. The second-order valence-electron chi connectivity index (χ2n) is 8.78. The molecule has 0 fully saturated rings. The Kier molecular flexibility index (Phi) is 6.44. The summed E-state index contributed by atoms with van der Waals surface area (Å²) in [6, 6.07) is 20.1. The number of hydrogen-bond acceptors (Lipinski definition) is 2. The number of imidazole rings is 1. The summed E-state index contributed by atoms with van der Waals surface area (Å²) in [7, 11) is 0. The smallest absolute Gasteiger partial charge is 0.224 e. The van der Waals surface area contributed by atoms with Gasteiger partial charge in [-0.05, 0) is 53.8 Å². The van der Waals surface area contributed by atoms with Crippen molar-refractivity contribution < 1.29 is 4.79 Å². The number of fused-ring (bicyclic) bond motifs is 1. The summed E-state index contributed by atoms with van der Waals surface area (Å²) < 4.78 is 2.24. The first-order valence-corrected chi connectivity index (χ1v) is 12.2. The fourth-order valence-electron chi connectivity index (χ4n) is 4.48. The molecule has 0 unspecified atom stereocenters. The number of nitrogens with zero attached hydrogens (tertiary/aromatic N) is 2. The third kappa shape index (κ3) is 4.89. The summed E-state index contributed by atoms with van der Waals surface area (Å²) in [6.07, 6.45) is 4.56. The molecule has 0 bridgehead atoms. The maximum atomic E-state index is 12.7. The van der Waals surface area contributed by atoms with E-state index in [-0.39, 0.29) is 12.3 Å². The lowest BCUT2D eigenvalue weighted by molar-refractivity contribution is -0.120. The monoisotopic (exact) mass is 489 g/mol. The van der Waals surface area contributed by atoms with Crippen molar-refractivity contribution in [2.24, 2.45) is 0 Å². The van der Waals surface area contributed by atoms with Crippen molar-refractivity contribution in [3.63, 3.8) is 0 Å². The summed E-state index contributed by atoms with van der Waals surface area (Å²) in [4.78, 5) is 17.6. The van der Waals surface area contributed by atoms with Crippen molar-refractivity contribution >= 4 is 29.1 Å². The van der Waals surface area contributed by atoms with Crippen LogP contribution in [0.1, 0.15) is 28.9 Å².